The largest absolute Gasteiger partial charge is 0.416 e. The van der Waals surface area contributed by atoms with Crippen molar-refractivity contribution < 1.29 is 22.8 Å². The minimum atomic E-state index is -4.42. The molecule has 1 saturated heterocycles. The first-order valence-electron chi connectivity index (χ1n) is 8.93. The number of rotatable bonds is 5. The van der Waals surface area contributed by atoms with Gasteiger partial charge in [0.1, 0.15) is 5.82 Å². The Kier molecular flexibility index (Phi) is 6.02. The first-order valence-corrected chi connectivity index (χ1v) is 8.93. The van der Waals surface area contributed by atoms with Gasteiger partial charge in [-0.25, -0.2) is 4.98 Å². The fourth-order valence-electron chi connectivity index (χ4n) is 2.91. The summed E-state index contributed by atoms with van der Waals surface area (Å²) in [6.07, 6.45) is -3.59. The molecule has 154 valence electrons. The Hall–Kier alpha value is -3.14. The second kappa shape index (κ2) is 8.48. The van der Waals surface area contributed by atoms with Crippen molar-refractivity contribution in [3.8, 4) is 0 Å². The minimum absolute atomic E-state index is 0.0635. The predicted molar refractivity (Wildman–Crippen MR) is 99.3 cm³/mol. The van der Waals surface area contributed by atoms with Crippen molar-refractivity contribution in [1.82, 2.24) is 20.9 Å². The molecule has 4 N–H and O–H groups in total. The van der Waals surface area contributed by atoms with Gasteiger partial charge >= 0.3 is 6.18 Å². The molecule has 10 heteroatoms. The fraction of sp³-hybridized carbons (Fsp3) is 0.316. The molecule has 0 aliphatic carbocycles. The van der Waals surface area contributed by atoms with E-state index < -0.39 is 36.0 Å². The number of nitrogens with zero attached hydrogens (tertiary/aromatic N) is 1. The summed E-state index contributed by atoms with van der Waals surface area (Å²) in [4.78, 5) is 28.6. The smallest absolute Gasteiger partial charge is 0.348 e. The van der Waals surface area contributed by atoms with E-state index >= 15 is 0 Å². The van der Waals surface area contributed by atoms with Crippen molar-refractivity contribution >= 4 is 17.6 Å². The van der Waals surface area contributed by atoms with Crippen LogP contribution in [0.3, 0.4) is 0 Å². The van der Waals surface area contributed by atoms with Crippen LogP contribution in [0.5, 0.6) is 0 Å². The van der Waals surface area contributed by atoms with Crippen LogP contribution in [-0.2, 0) is 15.8 Å². The van der Waals surface area contributed by atoms with Crippen LogP contribution < -0.4 is 21.3 Å². The highest BCUT2D eigenvalue weighted by atomic mass is 19.4. The highest BCUT2D eigenvalue weighted by Crippen LogP contribution is 2.29. The van der Waals surface area contributed by atoms with Crippen molar-refractivity contribution in [3.63, 3.8) is 0 Å². The Balaban J connectivity index is 1.60. The molecule has 1 aromatic carbocycles. The molecule has 0 spiro atoms. The number of carbonyl (C=O) groups is 2. The highest BCUT2D eigenvalue weighted by Gasteiger charge is 2.32. The summed E-state index contributed by atoms with van der Waals surface area (Å²) >= 11 is 0. The van der Waals surface area contributed by atoms with E-state index in [9.17, 15) is 22.8 Å². The van der Waals surface area contributed by atoms with Crippen molar-refractivity contribution in [1.29, 1.82) is 0 Å². The van der Waals surface area contributed by atoms with Crippen molar-refractivity contribution in [3.05, 3.63) is 59.8 Å². The molecule has 2 amide bonds. The third kappa shape index (κ3) is 5.44. The third-order valence-corrected chi connectivity index (χ3v) is 4.43. The summed E-state index contributed by atoms with van der Waals surface area (Å²) in [6.45, 7) is 1.66. The van der Waals surface area contributed by atoms with Gasteiger partial charge in [0.05, 0.1) is 24.1 Å². The van der Waals surface area contributed by atoms with E-state index in [1.54, 1.807) is 31.3 Å². The molecule has 2 unspecified atom stereocenters. The molecule has 3 atom stereocenters. The van der Waals surface area contributed by atoms with Crippen LogP contribution in [0.1, 0.15) is 30.5 Å². The summed E-state index contributed by atoms with van der Waals surface area (Å²) < 4.78 is 38.0. The zero-order chi connectivity index (χ0) is 21.0. The first-order chi connectivity index (χ1) is 13.7. The maximum atomic E-state index is 12.7. The van der Waals surface area contributed by atoms with Gasteiger partial charge in [0.15, 0.2) is 6.29 Å². The maximum absolute atomic E-state index is 12.7. The molecule has 1 fully saturated rings. The molecule has 2 heterocycles. The van der Waals surface area contributed by atoms with Gasteiger partial charge in [-0.1, -0.05) is 18.2 Å². The summed E-state index contributed by atoms with van der Waals surface area (Å²) in [5.74, 6) is -0.232. The van der Waals surface area contributed by atoms with Gasteiger partial charge in [0.2, 0.25) is 11.8 Å². The van der Waals surface area contributed by atoms with Crippen LogP contribution in [0.2, 0.25) is 0 Å². The predicted octanol–water partition coefficient (Wildman–Crippen LogP) is 2.15. The Morgan fingerprint density at radius 3 is 2.55 bits per heavy atom. The molecule has 2 aromatic rings. The van der Waals surface area contributed by atoms with E-state index in [1.807, 2.05) is 0 Å². The molecule has 0 radical (unpaired) electrons. The topological polar surface area (TPSA) is 95.2 Å². The van der Waals surface area contributed by atoms with Gasteiger partial charge in [-0.3, -0.25) is 14.9 Å². The Labute approximate surface area is 165 Å². The first kappa shape index (κ1) is 20.6. The number of anilines is 1. The van der Waals surface area contributed by atoms with Crippen LogP contribution in [0.15, 0.2) is 48.7 Å². The maximum Gasteiger partial charge on any atom is 0.416 e. The van der Waals surface area contributed by atoms with Crippen LogP contribution in [0.4, 0.5) is 19.0 Å². The number of hydrogen-bond donors (Lipinski definition) is 4. The highest BCUT2D eigenvalue weighted by molar-refractivity contribution is 5.90. The van der Waals surface area contributed by atoms with Crippen molar-refractivity contribution in [2.24, 2.45) is 0 Å². The van der Waals surface area contributed by atoms with E-state index in [4.69, 9.17) is 0 Å². The summed E-state index contributed by atoms with van der Waals surface area (Å²) in [7, 11) is 0. The van der Waals surface area contributed by atoms with Crippen LogP contribution >= 0.6 is 0 Å². The van der Waals surface area contributed by atoms with Crippen LogP contribution in [0.25, 0.3) is 0 Å². The summed E-state index contributed by atoms with van der Waals surface area (Å²) in [5, 5.41) is 11.3. The number of hydrogen-bond acceptors (Lipinski definition) is 5. The number of carbonyl (C=O) groups excluding carboxylic acids is 2. The van der Waals surface area contributed by atoms with Gasteiger partial charge in [-0.15, -0.1) is 0 Å². The van der Waals surface area contributed by atoms with Gasteiger partial charge in [-0.05, 0) is 36.8 Å². The quantitative estimate of drug-likeness (QED) is 0.609. The second-order valence-corrected chi connectivity index (χ2v) is 6.63. The van der Waals surface area contributed by atoms with Crippen molar-refractivity contribution in [2.45, 2.75) is 37.9 Å². The van der Waals surface area contributed by atoms with Gasteiger partial charge in [0.25, 0.3) is 0 Å². The van der Waals surface area contributed by atoms with Crippen LogP contribution in [-0.4, -0.2) is 29.1 Å². The number of nitrogens with one attached hydrogen (secondary N) is 4. The molecule has 0 saturated carbocycles. The molecule has 3 rings (SSSR count). The molecule has 1 aromatic heterocycles. The number of benzene rings is 1. The number of amides is 2. The zero-order valence-corrected chi connectivity index (χ0v) is 15.5. The van der Waals surface area contributed by atoms with E-state index in [-0.39, 0.29) is 12.3 Å². The average Bonchev–Trinajstić information content (AvgIpc) is 2.67. The Morgan fingerprint density at radius 2 is 1.93 bits per heavy atom. The average molecular weight is 407 g/mol. The lowest BCUT2D eigenvalue weighted by atomic mass is 10.0. The normalized spacial score (nSPS) is 20.5. The molecule has 7 nitrogen and oxygen atoms in total. The van der Waals surface area contributed by atoms with Gasteiger partial charge < -0.3 is 16.0 Å². The van der Waals surface area contributed by atoms with E-state index in [0.717, 1.165) is 12.1 Å². The van der Waals surface area contributed by atoms with Crippen molar-refractivity contribution in [2.75, 3.05) is 5.32 Å². The Morgan fingerprint density at radius 1 is 1.21 bits per heavy atom. The monoisotopic (exact) mass is 407 g/mol. The van der Waals surface area contributed by atoms with Gasteiger partial charge in [-0.2, -0.15) is 13.2 Å². The molecule has 0 bridgehead atoms. The van der Waals surface area contributed by atoms with Crippen LogP contribution in [0, 0.1) is 0 Å². The zero-order valence-electron chi connectivity index (χ0n) is 15.5. The van der Waals surface area contributed by atoms with Gasteiger partial charge in [0, 0.05) is 6.20 Å². The molecule has 1 aliphatic heterocycles. The van der Waals surface area contributed by atoms with E-state index in [2.05, 4.69) is 26.3 Å². The lowest BCUT2D eigenvalue weighted by Gasteiger charge is -2.32. The lowest BCUT2D eigenvalue weighted by Crippen LogP contribution is -2.63. The SMILES string of the molecule is C[C@@H](NC(=O)C1CC(=O)NC(Nc2ccccn2)N1)c1ccc(C(F)(F)F)cc1. The fourth-order valence-corrected chi connectivity index (χ4v) is 2.91. The summed E-state index contributed by atoms with van der Waals surface area (Å²) in [6, 6.07) is 8.48. The Bertz CT molecular complexity index is 858. The number of halogens is 3. The van der Waals surface area contributed by atoms with E-state index in [0.29, 0.717) is 11.4 Å². The minimum Gasteiger partial charge on any atom is -0.348 e. The third-order valence-electron chi connectivity index (χ3n) is 4.43. The molecular weight excluding hydrogens is 387 g/mol. The summed E-state index contributed by atoms with van der Waals surface area (Å²) in [5.41, 5.74) is -0.233. The molecule has 29 heavy (non-hydrogen) atoms. The second-order valence-electron chi connectivity index (χ2n) is 6.63. The number of alkyl halides is 3. The standard InChI is InChI=1S/C19H20F3N5O2/c1-11(12-5-7-13(8-6-12)19(20,21)22)24-17(29)14-10-16(28)27-18(25-14)26-15-4-2-3-9-23-15/h2-9,11,14,18,25H,10H2,1H3,(H,23,26)(H,24,29)(H,27,28)/t11-,14?,18?/m1/s1. The number of pyridine rings is 1. The number of aromatic nitrogens is 1. The lowest BCUT2D eigenvalue weighted by molar-refractivity contribution is -0.137. The van der Waals surface area contributed by atoms with E-state index in [1.165, 1.54) is 12.1 Å². The molecular formula is C19H20F3N5O2. The molecule has 1 aliphatic rings.